The Kier molecular flexibility index (Phi) is 5.25. The minimum Gasteiger partial charge on any atom is -0.393 e. The lowest BCUT2D eigenvalue weighted by atomic mass is 10.1. The van der Waals surface area contributed by atoms with Crippen LogP contribution in [0.3, 0.4) is 0 Å². The quantitative estimate of drug-likeness (QED) is 0.828. The SMILES string of the molecule is N#Cc1nc(-c2ccc(S(=O)(=O)N[C@@H]3CC[C@H](O)C3)cc2Cl)ccc1F. The van der Waals surface area contributed by atoms with E-state index in [2.05, 4.69) is 9.71 Å². The van der Waals surface area contributed by atoms with Crippen LogP contribution in [0.4, 0.5) is 4.39 Å². The van der Waals surface area contributed by atoms with E-state index in [0.29, 0.717) is 24.8 Å². The number of hydrogen-bond acceptors (Lipinski definition) is 5. The number of hydrogen-bond donors (Lipinski definition) is 2. The van der Waals surface area contributed by atoms with Gasteiger partial charge in [0.2, 0.25) is 10.0 Å². The van der Waals surface area contributed by atoms with Crippen molar-refractivity contribution in [1.29, 1.82) is 5.26 Å². The van der Waals surface area contributed by atoms with Gasteiger partial charge in [-0.15, -0.1) is 0 Å². The zero-order valence-corrected chi connectivity index (χ0v) is 15.1. The molecule has 0 aliphatic heterocycles. The van der Waals surface area contributed by atoms with Gasteiger partial charge in [-0.25, -0.2) is 22.5 Å². The van der Waals surface area contributed by atoms with Crippen molar-refractivity contribution < 1.29 is 17.9 Å². The lowest BCUT2D eigenvalue weighted by Crippen LogP contribution is -2.33. The molecule has 6 nitrogen and oxygen atoms in total. The first-order valence-electron chi connectivity index (χ1n) is 7.87. The molecule has 0 radical (unpaired) electrons. The molecule has 0 saturated heterocycles. The molecule has 1 aliphatic rings. The average molecular weight is 396 g/mol. The van der Waals surface area contributed by atoms with Crippen LogP contribution in [0.1, 0.15) is 25.0 Å². The molecule has 1 fully saturated rings. The van der Waals surface area contributed by atoms with E-state index in [1.54, 1.807) is 6.07 Å². The second-order valence-corrected chi connectivity index (χ2v) is 8.19. The minimum atomic E-state index is -3.79. The summed E-state index contributed by atoms with van der Waals surface area (Å²) in [5.74, 6) is -0.741. The maximum absolute atomic E-state index is 13.4. The number of rotatable bonds is 4. The topological polar surface area (TPSA) is 103 Å². The molecule has 26 heavy (non-hydrogen) atoms. The highest BCUT2D eigenvalue weighted by Gasteiger charge is 2.28. The first-order chi connectivity index (χ1) is 12.3. The van der Waals surface area contributed by atoms with E-state index in [9.17, 15) is 17.9 Å². The Balaban J connectivity index is 1.89. The fourth-order valence-corrected chi connectivity index (χ4v) is 4.54. The Morgan fingerprint density at radius 2 is 2.08 bits per heavy atom. The maximum atomic E-state index is 13.4. The highest BCUT2D eigenvalue weighted by molar-refractivity contribution is 7.89. The van der Waals surface area contributed by atoms with Gasteiger partial charge in [0.15, 0.2) is 11.5 Å². The van der Waals surface area contributed by atoms with Gasteiger partial charge in [-0.1, -0.05) is 11.6 Å². The molecule has 1 aromatic carbocycles. The van der Waals surface area contributed by atoms with Crippen LogP contribution in [0.2, 0.25) is 5.02 Å². The molecule has 2 N–H and O–H groups in total. The zero-order chi connectivity index (χ0) is 18.9. The lowest BCUT2D eigenvalue weighted by molar-refractivity contribution is 0.181. The van der Waals surface area contributed by atoms with Crippen molar-refractivity contribution in [2.75, 3.05) is 0 Å². The predicted molar refractivity (Wildman–Crippen MR) is 93.3 cm³/mol. The molecule has 2 aromatic rings. The van der Waals surface area contributed by atoms with Crippen LogP contribution in [0.15, 0.2) is 35.2 Å². The molecule has 1 aromatic heterocycles. The van der Waals surface area contributed by atoms with Gasteiger partial charge in [0.05, 0.1) is 21.7 Å². The van der Waals surface area contributed by atoms with Gasteiger partial charge >= 0.3 is 0 Å². The number of pyridine rings is 1. The Morgan fingerprint density at radius 3 is 2.69 bits per heavy atom. The fraction of sp³-hybridized carbons (Fsp3) is 0.294. The number of nitrogens with zero attached hydrogens (tertiary/aromatic N) is 2. The molecule has 0 spiro atoms. The molecule has 1 heterocycles. The maximum Gasteiger partial charge on any atom is 0.240 e. The third-order valence-electron chi connectivity index (χ3n) is 4.21. The number of halogens is 2. The van der Waals surface area contributed by atoms with Crippen molar-refractivity contribution in [3.05, 3.63) is 46.9 Å². The molecule has 9 heteroatoms. The van der Waals surface area contributed by atoms with E-state index in [1.807, 2.05) is 0 Å². The summed E-state index contributed by atoms with van der Waals surface area (Å²) < 4.78 is 40.9. The number of aromatic nitrogens is 1. The van der Waals surface area contributed by atoms with Crippen molar-refractivity contribution in [2.45, 2.75) is 36.3 Å². The summed E-state index contributed by atoms with van der Waals surface area (Å²) in [5.41, 5.74) is 0.291. The van der Waals surface area contributed by atoms with E-state index < -0.39 is 21.9 Å². The summed E-state index contributed by atoms with van der Waals surface area (Å²) >= 11 is 6.20. The summed E-state index contributed by atoms with van der Waals surface area (Å²) in [6, 6.07) is 7.91. The summed E-state index contributed by atoms with van der Waals surface area (Å²) in [5, 5.41) is 18.5. The molecular weight excluding hydrogens is 381 g/mol. The van der Waals surface area contributed by atoms with Crippen LogP contribution >= 0.6 is 11.6 Å². The Hall–Kier alpha value is -2.05. The molecule has 1 saturated carbocycles. The molecule has 1 aliphatic carbocycles. The second-order valence-electron chi connectivity index (χ2n) is 6.07. The second kappa shape index (κ2) is 7.29. The normalized spacial score (nSPS) is 20.1. The monoisotopic (exact) mass is 395 g/mol. The molecular formula is C17H15ClFN3O3S. The van der Waals surface area contributed by atoms with Crippen LogP contribution in [0.5, 0.6) is 0 Å². The Morgan fingerprint density at radius 1 is 1.31 bits per heavy atom. The fourth-order valence-electron chi connectivity index (χ4n) is 2.89. The molecule has 3 rings (SSSR count). The van der Waals surface area contributed by atoms with E-state index in [0.717, 1.165) is 6.07 Å². The van der Waals surface area contributed by atoms with Gasteiger partial charge in [0, 0.05) is 11.6 Å². The Bertz CT molecular complexity index is 991. The molecule has 0 unspecified atom stereocenters. The number of nitrogens with one attached hydrogen (secondary N) is 1. The van der Waals surface area contributed by atoms with Crippen LogP contribution in [0, 0.1) is 17.1 Å². The molecule has 2 atom stereocenters. The van der Waals surface area contributed by atoms with Gasteiger partial charge in [0.1, 0.15) is 6.07 Å². The van der Waals surface area contributed by atoms with E-state index in [4.69, 9.17) is 16.9 Å². The summed E-state index contributed by atoms with van der Waals surface area (Å²) in [7, 11) is -3.79. The van der Waals surface area contributed by atoms with Crippen LogP contribution in [-0.2, 0) is 10.0 Å². The number of aliphatic hydroxyl groups is 1. The smallest absolute Gasteiger partial charge is 0.240 e. The number of benzene rings is 1. The van der Waals surface area contributed by atoms with Crippen molar-refractivity contribution >= 4 is 21.6 Å². The summed E-state index contributed by atoms with van der Waals surface area (Å²) in [6.45, 7) is 0. The number of aliphatic hydroxyl groups excluding tert-OH is 1. The van der Waals surface area contributed by atoms with Crippen molar-refractivity contribution in [3.63, 3.8) is 0 Å². The summed E-state index contributed by atoms with van der Waals surface area (Å²) in [6.07, 6.45) is 1.02. The number of nitriles is 1. The first-order valence-corrected chi connectivity index (χ1v) is 9.73. The van der Waals surface area contributed by atoms with Gasteiger partial charge in [-0.3, -0.25) is 0 Å². The third kappa shape index (κ3) is 3.86. The van der Waals surface area contributed by atoms with Gasteiger partial charge < -0.3 is 5.11 Å². The van der Waals surface area contributed by atoms with Gasteiger partial charge in [-0.2, -0.15) is 5.26 Å². The zero-order valence-electron chi connectivity index (χ0n) is 13.5. The standard InChI is InChI=1S/C17H15ClFN3O3S/c18-14-8-12(26(24,25)22-10-1-2-11(23)7-10)3-4-13(14)16-6-5-15(19)17(9-20)21-16/h3-6,8,10-11,22-23H,1-2,7H2/t10-,11+/m1/s1. The van der Waals surface area contributed by atoms with Crippen LogP contribution in [-0.4, -0.2) is 30.7 Å². The first kappa shape index (κ1) is 18.7. The van der Waals surface area contributed by atoms with Crippen LogP contribution < -0.4 is 4.72 Å². The van der Waals surface area contributed by atoms with Gasteiger partial charge in [-0.05, 0) is 49.6 Å². The minimum absolute atomic E-state index is 0.0183. The highest BCUT2D eigenvalue weighted by Crippen LogP contribution is 2.30. The van der Waals surface area contributed by atoms with E-state index >= 15 is 0 Å². The predicted octanol–water partition coefficient (Wildman–Crippen LogP) is 2.60. The van der Waals surface area contributed by atoms with Crippen LogP contribution in [0.25, 0.3) is 11.3 Å². The van der Waals surface area contributed by atoms with E-state index in [1.165, 1.54) is 24.3 Å². The molecule has 136 valence electrons. The van der Waals surface area contributed by atoms with E-state index in [-0.39, 0.29) is 27.3 Å². The highest BCUT2D eigenvalue weighted by atomic mass is 35.5. The van der Waals surface area contributed by atoms with Crippen molar-refractivity contribution in [2.24, 2.45) is 0 Å². The molecule has 0 bridgehead atoms. The molecule has 0 amide bonds. The number of sulfonamides is 1. The van der Waals surface area contributed by atoms with Crippen molar-refractivity contribution in [1.82, 2.24) is 9.71 Å². The van der Waals surface area contributed by atoms with Crippen molar-refractivity contribution in [3.8, 4) is 17.3 Å². The third-order valence-corrected chi connectivity index (χ3v) is 6.04. The average Bonchev–Trinajstić information content (AvgIpc) is 2.99. The largest absolute Gasteiger partial charge is 0.393 e. The van der Waals surface area contributed by atoms with Gasteiger partial charge in [0.25, 0.3) is 0 Å². The lowest BCUT2D eigenvalue weighted by Gasteiger charge is -2.14. The summed E-state index contributed by atoms with van der Waals surface area (Å²) in [4.78, 5) is 3.87. The Labute approximate surface area is 155 Å².